The molecular formula is C11H20N2O2. The molecule has 0 saturated carbocycles. The minimum atomic E-state index is -0.760. The van der Waals surface area contributed by atoms with Gasteiger partial charge in [-0.25, -0.2) is 4.79 Å². The molecule has 3 atom stereocenters. The zero-order valence-electron chi connectivity index (χ0n) is 9.66. The Balaban J connectivity index is 2.25. The van der Waals surface area contributed by atoms with Crippen molar-refractivity contribution in [3.63, 3.8) is 0 Å². The van der Waals surface area contributed by atoms with Gasteiger partial charge in [0.25, 0.3) is 0 Å². The highest BCUT2D eigenvalue weighted by Crippen LogP contribution is 2.41. The van der Waals surface area contributed by atoms with E-state index in [1.54, 1.807) is 4.90 Å². The van der Waals surface area contributed by atoms with E-state index in [1.807, 2.05) is 0 Å². The quantitative estimate of drug-likeness (QED) is 0.635. The van der Waals surface area contributed by atoms with Crippen molar-refractivity contribution in [2.75, 3.05) is 19.6 Å². The maximum atomic E-state index is 11.2. The summed E-state index contributed by atoms with van der Waals surface area (Å²) >= 11 is 0. The first-order valence-electron chi connectivity index (χ1n) is 5.61. The van der Waals surface area contributed by atoms with E-state index >= 15 is 0 Å². The SMILES string of the molecule is CC(C)(C)[C@@H]1[C@@H]2CNC[C@H]2CN1C(=O)O. The van der Waals surface area contributed by atoms with Crippen LogP contribution in [0.2, 0.25) is 0 Å². The van der Waals surface area contributed by atoms with Crippen LogP contribution < -0.4 is 5.32 Å². The molecule has 0 aromatic rings. The highest BCUT2D eigenvalue weighted by atomic mass is 16.4. The summed E-state index contributed by atoms with van der Waals surface area (Å²) in [5.41, 5.74) is 0.0316. The molecule has 2 rings (SSSR count). The molecule has 0 bridgehead atoms. The summed E-state index contributed by atoms with van der Waals surface area (Å²) in [5.74, 6) is 1.02. The van der Waals surface area contributed by atoms with E-state index in [9.17, 15) is 9.90 Å². The topological polar surface area (TPSA) is 52.6 Å². The lowest BCUT2D eigenvalue weighted by Gasteiger charge is -2.36. The normalized spacial score (nSPS) is 35.7. The summed E-state index contributed by atoms with van der Waals surface area (Å²) in [6.07, 6.45) is -0.760. The molecule has 0 unspecified atom stereocenters. The van der Waals surface area contributed by atoms with E-state index in [0.29, 0.717) is 18.4 Å². The van der Waals surface area contributed by atoms with Crippen molar-refractivity contribution in [3.05, 3.63) is 0 Å². The average molecular weight is 212 g/mol. The molecule has 0 aromatic heterocycles. The molecule has 2 aliphatic rings. The third-order valence-corrected chi connectivity index (χ3v) is 3.70. The lowest BCUT2D eigenvalue weighted by molar-refractivity contribution is 0.0918. The Morgan fingerprint density at radius 2 is 2.07 bits per heavy atom. The fraction of sp³-hybridized carbons (Fsp3) is 0.909. The summed E-state index contributed by atoms with van der Waals surface area (Å²) in [6, 6.07) is 0.162. The van der Waals surface area contributed by atoms with Gasteiger partial charge in [0.05, 0.1) is 0 Å². The molecule has 4 heteroatoms. The van der Waals surface area contributed by atoms with Crippen molar-refractivity contribution >= 4 is 6.09 Å². The van der Waals surface area contributed by atoms with Crippen LogP contribution in [0.15, 0.2) is 0 Å². The second kappa shape index (κ2) is 3.37. The predicted octanol–water partition coefficient (Wildman–Crippen LogP) is 1.23. The fourth-order valence-corrected chi connectivity index (χ4v) is 3.23. The van der Waals surface area contributed by atoms with E-state index in [1.165, 1.54) is 0 Å². The number of fused-ring (bicyclic) bond motifs is 1. The summed E-state index contributed by atoms with van der Waals surface area (Å²) in [5, 5.41) is 12.6. The average Bonchev–Trinajstić information content (AvgIpc) is 2.56. The molecule has 0 aliphatic carbocycles. The largest absolute Gasteiger partial charge is 0.465 e. The number of hydrogen-bond acceptors (Lipinski definition) is 2. The van der Waals surface area contributed by atoms with Gasteiger partial charge < -0.3 is 15.3 Å². The Morgan fingerprint density at radius 3 is 2.60 bits per heavy atom. The summed E-state index contributed by atoms with van der Waals surface area (Å²) in [6.45, 7) is 9.04. The Morgan fingerprint density at radius 1 is 1.40 bits per heavy atom. The number of carbonyl (C=O) groups is 1. The van der Waals surface area contributed by atoms with Gasteiger partial charge in [-0.1, -0.05) is 20.8 Å². The van der Waals surface area contributed by atoms with Gasteiger partial charge in [-0.2, -0.15) is 0 Å². The number of amides is 1. The van der Waals surface area contributed by atoms with Crippen LogP contribution in [0.3, 0.4) is 0 Å². The van der Waals surface area contributed by atoms with Crippen molar-refractivity contribution in [1.82, 2.24) is 10.2 Å². The zero-order valence-corrected chi connectivity index (χ0v) is 9.66. The molecule has 2 N–H and O–H groups in total. The second-order valence-corrected chi connectivity index (χ2v) is 5.83. The van der Waals surface area contributed by atoms with Crippen molar-refractivity contribution in [2.24, 2.45) is 17.3 Å². The number of carboxylic acid groups (broad SMARTS) is 1. The van der Waals surface area contributed by atoms with Crippen LogP contribution in [-0.4, -0.2) is 41.8 Å². The summed E-state index contributed by atoms with van der Waals surface area (Å²) < 4.78 is 0. The molecule has 2 fully saturated rings. The summed E-state index contributed by atoms with van der Waals surface area (Å²) in [4.78, 5) is 12.8. The van der Waals surface area contributed by atoms with Gasteiger partial charge in [0.1, 0.15) is 0 Å². The molecule has 0 spiro atoms. The minimum Gasteiger partial charge on any atom is -0.465 e. The van der Waals surface area contributed by atoms with Gasteiger partial charge in [0.15, 0.2) is 0 Å². The Bertz CT molecular complexity index is 272. The van der Waals surface area contributed by atoms with Gasteiger partial charge in [-0.3, -0.25) is 0 Å². The van der Waals surface area contributed by atoms with Gasteiger partial charge in [0.2, 0.25) is 0 Å². The fourth-order valence-electron chi connectivity index (χ4n) is 3.23. The van der Waals surface area contributed by atoms with Crippen LogP contribution in [0.5, 0.6) is 0 Å². The van der Waals surface area contributed by atoms with Gasteiger partial charge in [0, 0.05) is 25.7 Å². The monoisotopic (exact) mass is 212 g/mol. The number of likely N-dealkylation sites (tertiary alicyclic amines) is 1. The molecular weight excluding hydrogens is 192 g/mol. The van der Waals surface area contributed by atoms with Crippen LogP contribution in [0.1, 0.15) is 20.8 Å². The first-order chi connectivity index (χ1) is 6.91. The first-order valence-corrected chi connectivity index (χ1v) is 5.61. The van der Waals surface area contributed by atoms with Crippen molar-refractivity contribution in [3.8, 4) is 0 Å². The van der Waals surface area contributed by atoms with Crippen LogP contribution >= 0.6 is 0 Å². The maximum Gasteiger partial charge on any atom is 0.407 e. The second-order valence-electron chi connectivity index (χ2n) is 5.83. The lowest BCUT2D eigenvalue weighted by atomic mass is 9.78. The van der Waals surface area contributed by atoms with Crippen LogP contribution in [0.4, 0.5) is 4.79 Å². The highest BCUT2D eigenvalue weighted by molar-refractivity contribution is 5.66. The standard InChI is InChI=1S/C11H20N2O2/c1-11(2,3)9-8-5-12-4-7(8)6-13(9)10(14)15/h7-9,12H,4-6H2,1-3H3,(H,14,15)/t7-,8+,9-/m0/s1. The van der Waals surface area contributed by atoms with Crippen molar-refractivity contribution in [1.29, 1.82) is 0 Å². The zero-order chi connectivity index (χ0) is 11.2. The molecule has 0 aromatic carbocycles. The minimum absolute atomic E-state index is 0.0316. The van der Waals surface area contributed by atoms with Crippen molar-refractivity contribution < 1.29 is 9.90 Å². The van der Waals surface area contributed by atoms with E-state index < -0.39 is 6.09 Å². The van der Waals surface area contributed by atoms with E-state index in [4.69, 9.17) is 0 Å². The third-order valence-electron chi connectivity index (χ3n) is 3.70. The number of nitrogens with one attached hydrogen (secondary N) is 1. The summed E-state index contributed by atoms with van der Waals surface area (Å²) in [7, 11) is 0. The number of nitrogens with zero attached hydrogens (tertiary/aromatic N) is 1. The highest BCUT2D eigenvalue weighted by Gasteiger charge is 2.50. The Labute approximate surface area is 90.6 Å². The lowest BCUT2D eigenvalue weighted by Crippen LogP contribution is -2.46. The smallest absolute Gasteiger partial charge is 0.407 e. The molecule has 86 valence electrons. The van der Waals surface area contributed by atoms with Crippen LogP contribution in [-0.2, 0) is 0 Å². The van der Waals surface area contributed by atoms with E-state index in [0.717, 1.165) is 13.1 Å². The molecule has 1 amide bonds. The molecule has 0 radical (unpaired) electrons. The third kappa shape index (κ3) is 1.71. The maximum absolute atomic E-state index is 11.2. The predicted molar refractivity (Wildman–Crippen MR) is 57.8 cm³/mol. The van der Waals surface area contributed by atoms with Crippen molar-refractivity contribution in [2.45, 2.75) is 26.8 Å². The molecule has 2 saturated heterocycles. The van der Waals surface area contributed by atoms with Crippen LogP contribution in [0.25, 0.3) is 0 Å². The molecule has 15 heavy (non-hydrogen) atoms. The number of rotatable bonds is 0. The Hall–Kier alpha value is -0.770. The molecule has 2 aliphatic heterocycles. The first kappa shape index (κ1) is 10.7. The molecule has 2 heterocycles. The Kier molecular flexibility index (Phi) is 2.41. The van der Waals surface area contributed by atoms with E-state index in [-0.39, 0.29) is 11.5 Å². The van der Waals surface area contributed by atoms with E-state index in [2.05, 4.69) is 26.1 Å². The van der Waals surface area contributed by atoms with Gasteiger partial charge in [-0.05, 0) is 17.3 Å². The molecule has 4 nitrogen and oxygen atoms in total. The van der Waals surface area contributed by atoms with Gasteiger partial charge in [-0.15, -0.1) is 0 Å². The number of hydrogen-bond donors (Lipinski definition) is 2. The van der Waals surface area contributed by atoms with Gasteiger partial charge >= 0.3 is 6.09 Å². The van der Waals surface area contributed by atoms with Crippen LogP contribution in [0, 0.1) is 17.3 Å².